The molecule has 0 fully saturated rings. The van der Waals surface area contributed by atoms with E-state index >= 15 is 0 Å². The molecular formula is C20H24N4O2. The molecule has 2 aliphatic rings. The first-order valence-corrected chi connectivity index (χ1v) is 9.17. The summed E-state index contributed by atoms with van der Waals surface area (Å²) in [7, 11) is 2.01. The topological polar surface area (TPSA) is 60.2 Å². The zero-order valence-corrected chi connectivity index (χ0v) is 15.1. The van der Waals surface area contributed by atoms with Gasteiger partial charge in [0.15, 0.2) is 0 Å². The van der Waals surface area contributed by atoms with Crippen LogP contribution in [0.4, 0.5) is 0 Å². The highest BCUT2D eigenvalue weighted by Crippen LogP contribution is 2.30. The molecule has 3 heterocycles. The second-order valence-corrected chi connectivity index (χ2v) is 7.07. The van der Waals surface area contributed by atoms with Gasteiger partial charge < -0.3 is 14.2 Å². The van der Waals surface area contributed by atoms with Crippen LogP contribution in [0.15, 0.2) is 42.5 Å². The second-order valence-electron chi connectivity index (χ2n) is 7.07. The summed E-state index contributed by atoms with van der Waals surface area (Å²) in [6, 6.07) is 3.92. The summed E-state index contributed by atoms with van der Waals surface area (Å²) in [6.07, 6.45) is 10.5. The fraction of sp³-hybridized carbons (Fsp3) is 0.450. The van der Waals surface area contributed by atoms with Crippen molar-refractivity contribution < 1.29 is 9.53 Å². The van der Waals surface area contributed by atoms with Gasteiger partial charge >= 0.3 is 0 Å². The van der Waals surface area contributed by atoms with E-state index in [4.69, 9.17) is 4.74 Å². The Hall–Kier alpha value is -2.47. The molecule has 0 saturated carbocycles. The number of rotatable bonds is 5. The van der Waals surface area contributed by atoms with E-state index in [9.17, 15) is 4.79 Å². The van der Waals surface area contributed by atoms with Crippen molar-refractivity contribution in [2.45, 2.75) is 38.3 Å². The highest BCUT2D eigenvalue weighted by atomic mass is 16.5. The van der Waals surface area contributed by atoms with Crippen LogP contribution in [0.2, 0.25) is 0 Å². The predicted octanol–water partition coefficient (Wildman–Crippen LogP) is 2.57. The van der Waals surface area contributed by atoms with Crippen LogP contribution in [-0.2, 0) is 29.7 Å². The number of fused-ring (bicyclic) bond motifs is 1. The van der Waals surface area contributed by atoms with Gasteiger partial charge in [-0.05, 0) is 30.9 Å². The number of allylic oxidation sites excluding steroid dienone is 1. The third-order valence-electron chi connectivity index (χ3n) is 5.14. The van der Waals surface area contributed by atoms with Crippen molar-refractivity contribution in [1.82, 2.24) is 19.4 Å². The minimum atomic E-state index is 0.133. The van der Waals surface area contributed by atoms with Crippen molar-refractivity contribution in [1.29, 1.82) is 0 Å². The lowest BCUT2D eigenvalue weighted by Gasteiger charge is -2.33. The molecule has 1 amide bonds. The van der Waals surface area contributed by atoms with Crippen LogP contribution in [0, 0.1) is 0 Å². The fourth-order valence-electron chi connectivity index (χ4n) is 3.89. The van der Waals surface area contributed by atoms with Gasteiger partial charge in [-0.25, -0.2) is 4.98 Å². The molecule has 0 N–H and O–H groups in total. The molecular weight excluding hydrogens is 328 g/mol. The Morgan fingerprint density at radius 1 is 1.42 bits per heavy atom. The Morgan fingerprint density at radius 2 is 2.35 bits per heavy atom. The standard InChI is InChI=1S/C20H24N4O2/c1-23-14-22-18-11-24(20(25)16-6-2-3-7-16)10-17(19(18)23)13-26-12-15-5-4-8-21-9-15/h4-6,8-9,14,17H,2-3,7,10-13H2,1H3/t17-/m1/s1. The maximum atomic E-state index is 12.8. The lowest BCUT2D eigenvalue weighted by atomic mass is 9.98. The highest BCUT2D eigenvalue weighted by molar-refractivity contribution is 5.94. The molecule has 0 spiro atoms. The molecule has 2 aromatic rings. The summed E-state index contributed by atoms with van der Waals surface area (Å²) in [6.45, 7) is 2.35. The van der Waals surface area contributed by atoms with E-state index in [0.717, 1.165) is 36.1 Å². The number of pyridine rings is 1. The average Bonchev–Trinajstić information content (AvgIpc) is 3.32. The molecule has 0 radical (unpaired) electrons. The smallest absolute Gasteiger partial charge is 0.249 e. The minimum Gasteiger partial charge on any atom is -0.376 e. The van der Waals surface area contributed by atoms with Crippen LogP contribution in [0.25, 0.3) is 0 Å². The van der Waals surface area contributed by atoms with Crippen LogP contribution in [-0.4, -0.2) is 38.5 Å². The third-order valence-corrected chi connectivity index (χ3v) is 5.14. The molecule has 0 saturated heterocycles. The van der Waals surface area contributed by atoms with Crippen LogP contribution in [0.1, 0.15) is 42.1 Å². The normalized spacial score (nSPS) is 19.3. The second kappa shape index (κ2) is 7.41. The van der Waals surface area contributed by atoms with Crippen LogP contribution in [0.3, 0.4) is 0 Å². The van der Waals surface area contributed by atoms with Crippen LogP contribution < -0.4 is 0 Å². The monoisotopic (exact) mass is 352 g/mol. The number of carbonyl (C=O) groups is 1. The first-order valence-electron chi connectivity index (χ1n) is 9.17. The van der Waals surface area contributed by atoms with Crippen molar-refractivity contribution in [3.8, 4) is 0 Å². The van der Waals surface area contributed by atoms with Gasteiger partial charge in [0.2, 0.25) is 5.91 Å². The molecule has 1 aliphatic carbocycles. The van der Waals surface area contributed by atoms with E-state index < -0.39 is 0 Å². The Morgan fingerprint density at radius 3 is 3.12 bits per heavy atom. The fourth-order valence-corrected chi connectivity index (χ4v) is 3.89. The van der Waals surface area contributed by atoms with Gasteiger partial charge in [0.1, 0.15) is 0 Å². The van der Waals surface area contributed by atoms with Gasteiger partial charge in [-0.15, -0.1) is 0 Å². The Kier molecular flexibility index (Phi) is 4.84. The summed E-state index contributed by atoms with van der Waals surface area (Å²) in [5.74, 6) is 0.296. The molecule has 136 valence electrons. The number of hydrogen-bond acceptors (Lipinski definition) is 4. The maximum Gasteiger partial charge on any atom is 0.249 e. The first kappa shape index (κ1) is 17.0. The largest absolute Gasteiger partial charge is 0.376 e. The number of hydrogen-bond donors (Lipinski definition) is 0. The number of imidazole rings is 1. The van der Waals surface area contributed by atoms with Gasteiger partial charge in [-0.1, -0.05) is 12.1 Å². The van der Waals surface area contributed by atoms with Crippen molar-refractivity contribution in [3.05, 3.63) is 59.5 Å². The molecule has 2 aromatic heterocycles. The van der Waals surface area contributed by atoms with E-state index in [0.29, 0.717) is 26.3 Å². The molecule has 6 nitrogen and oxygen atoms in total. The van der Waals surface area contributed by atoms with Gasteiger partial charge in [0.25, 0.3) is 0 Å². The zero-order valence-electron chi connectivity index (χ0n) is 15.1. The van der Waals surface area contributed by atoms with Crippen molar-refractivity contribution in [2.75, 3.05) is 13.2 Å². The lowest BCUT2D eigenvalue weighted by Crippen LogP contribution is -2.40. The molecule has 0 unspecified atom stereocenters. The number of aryl methyl sites for hydroxylation is 1. The molecule has 1 aliphatic heterocycles. The van der Waals surface area contributed by atoms with Crippen molar-refractivity contribution in [3.63, 3.8) is 0 Å². The molecule has 1 atom stereocenters. The summed E-state index contributed by atoms with van der Waals surface area (Å²) in [5, 5.41) is 0. The molecule has 0 aromatic carbocycles. The number of carbonyl (C=O) groups excluding carboxylic acids is 1. The summed E-state index contributed by atoms with van der Waals surface area (Å²) in [5.41, 5.74) is 4.18. The van der Waals surface area contributed by atoms with Gasteiger partial charge in [0.05, 0.1) is 31.8 Å². The number of nitrogens with zero attached hydrogens (tertiary/aromatic N) is 4. The quantitative estimate of drug-likeness (QED) is 0.830. The minimum absolute atomic E-state index is 0.133. The average molecular weight is 352 g/mol. The zero-order chi connectivity index (χ0) is 17.9. The van der Waals surface area contributed by atoms with E-state index in [1.807, 2.05) is 36.6 Å². The summed E-state index contributed by atoms with van der Waals surface area (Å²) >= 11 is 0. The first-order chi connectivity index (χ1) is 12.7. The Balaban J connectivity index is 1.47. The summed E-state index contributed by atoms with van der Waals surface area (Å²) < 4.78 is 8.02. The summed E-state index contributed by atoms with van der Waals surface area (Å²) in [4.78, 5) is 23.4. The van der Waals surface area contributed by atoms with Gasteiger partial charge in [-0.2, -0.15) is 0 Å². The molecule has 0 bridgehead atoms. The van der Waals surface area contributed by atoms with Crippen LogP contribution >= 0.6 is 0 Å². The number of aromatic nitrogens is 3. The molecule has 26 heavy (non-hydrogen) atoms. The molecule has 4 rings (SSSR count). The van der Waals surface area contributed by atoms with Crippen molar-refractivity contribution >= 4 is 5.91 Å². The Labute approximate surface area is 153 Å². The maximum absolute atomic E-state index is 12.8. The van der Waals surface area contributed by atoms with E-state index in [1.54, 1.807) is 6.20 Å². The number of ether oxygens (including phenoxy) is 1. The Bertz CT molecular complexity index is 812. The van der Waals surface area contributed by atoms with Crippen LogP contribution in [0.5, 0.6) is 0 Å². The van der Waals surface area contributed by atoms with Gasteiger partial charge in [0, 0.05) is 43.2 Å². The number of amides is 1. The predicted molar refractivity (Wildman–Crippen MR) is 97.2 cm³/mol. The molecule has 6 heteroatoms. The van der Waals surface area contributed by atoms with Crippen molar-refractivity contribution in [2.24, 2.45) is 7.05 Å². The van der Waals surface area contributed by atoms with E-state index in [-0.39, 0.29) is 11.8 Å². The van der Waals surface area contributed by atoms with E-state index in [1.165, 1.54) is 5.69 Å². The third kappa shape index (κ3) is 3.42. The van der Waals surface area contributed by atoms with E-state index in [2.05, 4.69) is 20.6 Å². The lowest BCUT2D eigenvalue weighted by molar-refractivity contribution is -0.128. The SMILES string of the molecule is Cn1cnc2c1[C@@H](COCc1cccnc1)CN(C(=O)C1=CCCC1)C2. The van der Waals surface area contributed by atoms with Gasteiger partial charge in [-0.3, -0.25) is 9.78 Å². The highest BCUT2D eigenvalue weighted by Gasteiger charge is 2.32.